The van der Waals surface area contributed by atoms with Crippen LogP contribution in [0.5, 0.6) is 0 Å². The Kier molecular flexibility index (Phi) is 8.97. The number of aryl methyl sites for hydroxylation is 1. The minimum absolute atomic E-state index is 0.0193. The number of carbonyl (C=O) groups is 2. The average molecular weight is 527 g/mol. The van der Waals surface area contributed by atoms with Crippen LogP contribution in [0, 0.1) is 5.92 Å². The van der Waals surface area contributed by atoms with Crippen molar-refractivity contribution in [3.05, 3.63) is 41.3 Å². The highest BCUT2D eigenvalue weighted by atomic mass is 35.5. The van der Waals surface area contributed by atoms with Crippen molar-refractivity contribution >= 4 is 40.3 Å². The van der Waals surface area contributed by atoms with Crippen molar-refractivity contribution in [2.24, 2.45) is 5.92 Å². The fraction of sp³-hybridized carbons (Fsp3) is 0.519. The van der Waals surface area contributed by atoms with E-state index in [1.54, 1.807) is 6.92 Å². The lowest BCUT2D eigenvalue weighted by molar-refractivity contribution is -0.145. The highest BCUT2D eigenvalue weighted by Gasteiger charge is 2.24. The molecule has 1 aliphatic heterocycles. The number of esters is 1. The smallest absolute Gasteiger partial charge is 0.306 e. The van der Waals surface area contributed by atoms with Gasteiger partial charge in [0.25, 0.3) is 0 Å². The van der Waals surface area contributed by atoms with Gasteiger partial charge in [-0.2, -0.15) is 5.10 Å². The van der Waals surface area contributed by atoms with Crippen LogP contribution in [0.25, 0.3) is 16.7 Å². The first-order chi connectivity index (χ1) is 17.9. The van der Waals surface area contributed by atoms with Crippen molar-refractivity contribution in [3.8, 4) is 5.69 Å². The molecule has 0 unspecified atom stereocenters. The third kappa shape index (κ3) is 6.77. The van der Waals surface area contributed by atoms with E-state index >= 15 is 0 Å². The molecular weight excluding hydrogens is 492 g/mol. The fourth-order valence-corrected chi connectivity index (χ4v) is 4.67. The Hall–Kier alpha value is -3.20. The van der Waals surface area contributed by atoms with Gasteiger partial charge in [0.05, 0.1) is 30.3 Å². The molecule has 0 bridgehead atoms. The number of fused-ring (bicyclic) bond motifs is 1. The van der Waals surface area contributed by atoms with Crippen LogP contribution in [0.15, 0.2) is 30.5 Å². The molecule has 1 saturated heterocycles. The number of hydrogen-bond acceptors (Lipinski definition) is 7. The molecule has 2 aromatic heterocycles. The number of nitrogens with zero attached hydrogens (tertiary/aromatic N) is 6. The van der Waals surface area contributed by atoms with Crippen LogP contribution in [0.1, 0.15) is 52.3 Å². The minimum atomic E-state index is -0.332. The number of rotatable bonds is 9. The summed E-state index contributed by atoms with van der Waals surface area (Å²) in [6.45, 7) is 9.09. The highest BCUT2D eigenvalue weighted by molar-refractivity contribution is 6.30. The predicted octanol–water partition coefficient (Wildman–Crippen LogP) is 4.44. The zero-order valence-corrected chi connectivity index (χ0v) is 22.6. The molecule has 0 spiro atoms. The van der Waals surface area contributed by atoms with Gasteiger partial charge in [-0.15, -0.1) is 0 Å². The van der Waals surface area contributed by atoms with Crippen LogP contribution in [-0.2, 0) is 20.7 Å². The van der Waals surface area contributed by atoms with Gasteiger partial charge in [-0.25, -0.2) is 14.6 Å². The van der Waals surface area contributed by atoms with Gasteiger partial charge in [0.2, 0.25) is 5.91 Å². The van der Waals surface area contributed by atoms with Gasteiger partial charge >= 0.3 is 5.97 Å². The zero-order valence-electron chi connectivity index (χ0n) is 21.8. The fourth-order valence-electron chi connectivity index (χ4n) is 4.48. The van der Waals surface area contributed by atoms with Crippen LogP contribution in [0.3, 0.4) is 0 Å². The zero-order chi connectivity index (χ0) is 26.4. The summed E-state index contributed by atoms with van der Waals surface area (Å²) in [4.78, 5) is 38.4. The van der Waals surface area contributed by atoms with E-state index in [4.69, 9.17) is 26.3 Å². The van der Waals surface area contributed by atoms with Gasteiger partial charge in [-0.05, 0) is 43.9 Å². The van der Waals surface area contributed by atoms with Crippen molar-refractivity contribution in [1.82, 2.24) is 24.6 Å². The summed E-state index contributed by atoms with van der Waals surface area (Å²) < 4.78 is 6.77. The standard InChI is InChI=1S/C27H35ClN6O3/c1-4-37-25(36)12-11-24(35)32-13-6-14-33(16-15-32)26-22-18-29-34(21-8-5-7-20(28)17-21)27(22)31-23(30-26)10-9-19(2)3/h5,7-8,17-19H,4,6,9-16H2,1-3H3. The summed E-state index contributed by atoms with van der Waals surface area (Å²) in [5.74, 6) is 1.81. The number of halogens is 1. The molecule has 1 aliphatic rings. The third-order valence-electron chi connectivity index (χ3n) is 6.45. The molecule has 1 amide bonds. The second-order valence-corrected chi connectivity index (χ2v) is 10.1. The number of aromatic nitrogens is 4. The summed E-state index contributed by atoms with van der Waals surface area (Å²) in [5, 5.41) is 6.15. The lowest BCUT2D eigenvalue weighted by Crippen LogP contribution is -2.35. The quantitative estimate of drug-likeness (QED) is 0.380. The third-order valence-corrected chi connectivity index (χ3v) is 6.68. The Morgan fingerprint density at radius 3 is 2.70 bits per heavy atom. The van der Waals surface area contributed by atoms with E-state index in [2.05, 4.69) is 23.8 Å². The molecule has 37 heavy (non-hydrogen) atoms. The van der Waals surface area contributed by atoms with Crippen LogP contribution < -0.4 is 4.90 Å². The number of ether oxygens (including phenoxy) is 1. The molecule has 3 aromatic rings. The second kappa shape index (κ2) is 12.4. The topological polar surface area (TPSA) is 93.5 Å². The highest BCUT2D eigenvalue weighted by Crippen LogP contribution is 2.28. The minimum Gasteiger partial charge on any atom is -0.466 e. The molecule has 0 saturated carbocycles. The largest absolute Gasteiger partial charge is 0.466 e. The van der Waals surface area contributed by atoms with Gasteiger partial charge in [0.1, 0.15) is 11.6 Å². The number of benzene rings is 1. The van der Waals surface area contributed by atoms with E-state index in [0.29, 0.717) is 37.2 Å². The van der Waals surface area contributed by atoms with Crippen molar-refractivity contribution in [3.63, 3.8) is 0 Å². The predicted molar refractivity (Wildman–Crippen MR) is 144 cm³/mol. The maximum atomic E-state index is 12.8. The molecule has 10 heteroatoms. The lowest BCUT2D eigenvalue weighted by Gasteiger charge is -2.24. The van der Waals surface area contributed by atoms with Crippen LogP contribution in [0.2, 0.25) is 5.02 Å². The molecule has 4 rings (SSSR count). The van der Waals surface area contributed by atoms with Gasteiger partial charge in [-0.1, -0.05) is 31.5 Å². The molecule has 3 heterocycles. The maximum absolute atomic E-state index is 12.8. The van der Waals surface area contributed by atoms with Gasteiger partial charge < -0.3 is 14.5 Å². The van der Waals surface area contributed by atoms with Gasteiger partial charge in [0, 0.05) is 44.0 Å². The van der Waals surface area contributed by atoms with Crippen LogP contribution in [-0.4, -0.2) is 69.3 Å². The Balaban J connectivity index is 1.59. The van der Waals surface area contributed by atoms with E-state index in [1.165, 1.54) is 0 Å². The Labute approximate surface area is 222 Å². The molecule has 1 aromatic carbocycles. The average Bonchev–Trinajstić information content (AvgIpc) is 3.14. The molecular formula is C27H35ClN6O3. The Bertz CT molecular complexity index is 1240. The first-order valence-electron chi connectivity index (χ1n) is 13.0. The van der Waals surface area contributed by atoms with Crippen LogP contribution in [0.4, 0.5) is 5.82 Å². The monoisotopic (exact) mass is 526 g/mol. The van der Waals surface area contributed by atoms with E-state index in [0.717, 1.165) is 54.2 Å². The summed E-state index contributed by atoms with van der Waals surface area (Å²) >= 11 is 6.25. The SMILES string of the molecule is CCOC(=O)CCC(=O)N1CCCN(c2nc(CCC(C)C)nc3c2cnn3-c2cccc(Cl)c2)CC1. The number of amides is 1. The molecule has 0 aliphatic carbocycles. The molecule has 0 N–H and O–H groups in total. The molecule has 0 radical (unpaired) electrons. The second-order valence-electron chi connectivity index (χ2n) is 9.70. The number of anilines is 1. The van der Waals surface area contributed by atoms with E-state index < -0.39 is 0 Å². The molecule has 1 fully saturated rings. The molecule has 9 nitrogen and oxygen atoms in total. The van der Waals surface area contributed by atoms with Gasteiger partial charge in [0.15, 0.2) is 5.65 Å². The first kappa shape index (κ1) is 26.9. The van der Waals surface area contributed by atoms with E-state index in [1.807, 2.05) is 40.0 Å². The first-order valence-corrected chi connectivity index (χ1v) is 13.4. The van der Waals surface area contributed by atoms with Crippen molar-refractivity contribution in [2.75, 3.05) is 37.7 Å². The number of carbonyl (C=O) groups excluding carboxylic acids is 2. The summed E-state index contributed by atoms with van der Waals surface area (Å²) in [6.07, 6.45) is 4.65. The normalized spacial score (nSPS) is 14.3. The van der Waals surface area contributed by atoms with Crippen molar-refractivity contribution in [2.45, 2.75) is 52.9 Å². The summed E-state index contributed by atoms with van der Waals surface area (Å²) in [7, 11) is 0. The Morgan fingerprint density at radius 1 is 1.11 bits per heavy atom. The van der Waals surface area contributed by atoms with Gasteiger partial charge in [-0.3, -0.25) is 9.59 Å². The molecule has 0 atom stereocenters. The Morgan fingerprint density at radius 2 is 1.95 bits per heavy atom. The van der Waals surface area contributed by atoms with Crippen molar-refractivity contribution in [1.29, 1.82) is 0 Å². The van der Waals surface area contributed by atoms with E-state index in [-0.39, 0.29) is 24.7 Å². The van der Waals surface area contributed by atoms with Crippen molar-refractivity contribution < 1.29 is 14.3 Å². The van der Waals surface area contributed by atoms with E-state index in [9.17, 15) is 9.59 Å². The lowest BCUT2D eigenvalue weighted by atomic mass is 10.1. The maximum Gasteiger partial charge on any atom is 0.306 e. The summed E-state index contributed by atoms with van der Waals surface area (Å²) in [5.41, 5.74) is 1.59. The number of hydrogen-bond donors (Lipinski definition) is 0. The molecule has 198 valence electrons. The van der Waals surface area contributed by atoms with Crippen LogP contribution >= 0.6 is 11.6 Å². The summed E-state index contributed by atoms with van der Waals surface area (Å²) in [6, 6.07) is 7.56.